The van der Waals surface area contributed by atoms with Crippen LogP contribution in [0, 0.1) is 6.92 Å². The van der Waals surface area contributed by atoms with Crippen molar-refractivity contribution in [2.24, 2.45) is 0 Å². The molecule has 0 radical (unpaired) electrons. The quantitative estimate of drug-likeness (QED) is 0.394. The van der Waals surface area contributed by atoms with Gasteiger partial charge in [0.15, 0.2) is 0 Å². The van der Waals surface area contributed by atoms with Gasteiger partial charge in [-0.1, -0.05) is 78.3 Å². The Kier molecular flexibility index (Phi) is 9.72. The number of likely N-dealkylation sites (N-methyl/N-ethyl adjacent to an activating group) is 1. The highest BCUT2D eigenvalue weighted by molar-refractivity contribution is 7.92. The second kappa shape index (κ2) is 12.7. The summed E-state index contributed by atoms with van der Waals surface area (Å²) in [5.41, 5.74) is 2.77. The monoisotopic (exact) mass is 541 g/mol. The van der Waals surface area contributed by atoms with Crippen LogP contribution in [-0.4, -0.2) is 50.5 Å². The van der Waals surface area contributed by atoms with E-state index in [1.807, 2.05) is 74.5 Å². The van der Waals surface area contributed by atoms with E-state index in [4.69, 9.17) is 11.6 Å². The van der Waals surface area contributed by atoms with Crippen molar-refractivity contribution in [1.29, 1.82) is 0 Å². The number of hydrogen-bond donors (Lipinski definition) is 1. The van der Waals surface area contributed by atoms with Gasteiger partial charge in [-0.15, -0.1) is 0 Å². The van der Waals surface area contributed by atoms with Crippen LogP contribution in [-0.2, 0) is 32.6 Å². The predicted octanol–water partition coefficient (Wildman–Crippen LogP) is 4.19. The molecule has 196 valence electrons. The van der Waals surface area contributed by atoms with Gasteiger partial charge in [0.05, 0.1) is 11.9 Å². The Morgan fingerprint density at radius 3 is 2.08 bits per heavy atom. The summed E-state index contributed by atoms with van der Waals surface area (Å²) in [5.74, 6) is -0.807. The second-order valence-corrected chi connectivity index (χ2v) is 11.1. The minimum atomic E-state index is -3.84. The number of carbonyl (C=O) groups is 2. The Morgan fingerprint density at radius 2 is 1.54 bits per heavy atom. The van der Waals surface area contributed by atoms with Gasteiger partial charge in [0.25, 0.3) is 0 Å². The highest BCUT2D eigenvalue weighted by atomic mass is 35.5. The molecule has 3 aromatic carbocycles. The van der Waals surface area contributed by atoms with Crippen LogP contribution in [0.4, 0.5) is 5.69 Å². The summed E-state index contributed by atoms with van der Waals surface area (Å²) in [6.07, 6.45) is 1.32. The first-order chi connectivity index (χ1) is 17.6. The molecule has 3 aromatic rings. The van der Waals surface area contributed by atoms with Crippen LogP contribution in [0.25, 0.3) is 0 Å². The summed E-state index contributed by atoms with van der Waals surface area (Å²) in [7, 11) is -3.84. The molecule has 1 N–H and O–H groups in total. The Balaban J connectivity index is 2.03. The van der Waals surface area contributed by atoms with Crippen LogP contribution < -0.4 is 9.62 Å². The van der Waals surface area contributed by atoms with Gasteiger partial charge in [0, 0.05) is 24.5 Å². The first-order valence-corrected chi connectivity index (χ1v) is 14.2. The molecule has 2 amide bonds. The van der Waals surface area contributed by atoms with Gasteiger partial charge in [0.1, 0.15) is 12.6 Å². The van der Waals surface area contributed by atoms with E-state index in [0.717, 1.165) is 27.3 Å². The van der Waals surface area contributed by atoms with Crippen molar-refractivity contribution in [3.8, 4) is 0 Å². The van der Waals surface area contributed by atoms with Gasteiger partial charge in [0.2, 0.25) is 21.8 Å². The number of anilines is 1. The maximum atomic E-state index is 13.9. The molecule has 0 saturated carbocycles. The van der Waals surface area contributed by atoms with Gasteiger partial charge in [-0.25, -0.2) is 8.42 Å². The summed E-state index contributed by atoms with van der Waals surface area (Å²) < 4.78 is 26.6. The second-order valence-electron chi connectivity index (χ2n) is 8.81. The molecule has 0 aromatic heterocycles. The number of carbonyl (C=O) groups excluding carboxylic acids is 2. The third-order valence-electron chi connectivity index (χ3n) is 5.94. The van der Waals surface area contributed by atoms with E-state index in [1.54, 1.807) is 12.1 Å². The fourth-order valence-corrected chi connectivity index (χ4v) is 4.99. The molecule has 37 heavy (non-hydrogen) atoms. The molecule has 0 unspecified atom stereocenters. The van der Waals surface area contributed by atoms with Crippen molar-refractivity contribution in [2.45, 2.75) is 32.9 Å². The molecule has 3 rings (SSSR count). The number of rotatable bonds is 11. The molecule has 0 aliphatic rings. The van der Waals surface area contributed by atoms with Crippen molar-refractivity contribution < 1.29 is 18.0 Å². The third kappa shape index (κ3) is 7.81. The van der Waals surface area contributed by atoms with Crippen molar-refractivity contribution in [1.82, 2.24) is 10.2 Å². The number of nitrogens with one attached hydrogen (secondary N) is 1. The van der Waals surface area contributed by atoms with Gasteiger partial charge < -0.3 is 10.2 Å². The smallest absolute Gasteiger partial charge is 0.244 e. The molecule has 0 aliphatic carbocycles. The van der Waals surface area contributed by atoms with Gasteiger partial charge in [-0.3, -0.25) is 13.9 Å². The maximum absolute atomic E-state index is 13.9. The normalized spacial score (nSPS) is 12.0. The lowest BCUT2D eigenvalue weighted by Gasteiger charge is -2.33. The average molecular weight is 542 g/mol. The number of benzene rings is 3. The first kappa shape index (κ1) is 28.2. The Hall–Kier alpha value is -3.36. The van der Waals surface area contributed by atoms with Gasteiger partial charge >= 0.3 is 0 Å². The molecule has 0 saturated heterocycles. The Labute approximate surface area is 224 Å². The highest BCUT2D eigenvalue weighted by Gasteiger charge is 2.32. The van der Waals surface area contributed by atoms with E-state index in [0.29, 0.717) is 11.6 Å². The molecule has 0 spiro atoms. The van der Waals surface area contributed by atoms with Crippen molar-refractivity contribution in [3.63, 3.8) is 0 Å². The Bertz CT molecular complexity index is 1320. The summed E-state index contributed by atoms with van der Waals surface area (Å²) in [6.45, 7) is 3.68. The lowest BCUT2D eigenvalue weighted by Crippen LogP contribution is -2.53. The van der Waals surface area contributed by atoms with E-state index in [-0.39, 0.29) is 24.6 Å². The lowest BCUT2D eigenvalue weighted by molar-refractivity contribution is -0.140. The highest BCUT2D eigenvalue weighted by Crippen LogP contribution is 2.25. The molecule has 9 heteroatoms. The molecule has 0 bridgehead atoms. The van der Waals surface area contributed by atoms with E-state index in [2.05, 4.69) is 5.32 Å². The zero-order valence-electron chi connectivity index (χ0n) is 21.2. The van der Waals surface area contributed by atoms with Crippen LogP contribution >= 0.6 is 11.6 Å². The maximum Gasteiger partial charge on any atom is 0.244 e. The molecule has 0 fully saturated rings. The molecule has 1 atom stereocenters. The number of aryl methyl sites for hydroxylation is 1. The zero-order valence-corrected chi connectivity index (χ0v) is 22.8. The van der Waals surface area contributed by atoms with Crippen LogP contribution in [0.2, 0.25) is 5.02 Å². The van der Waals surface area contributed by atoms with Crippen molar-refractivity contribution in [3.05, 3.63) is 101 Å². The van der Waals surface area contributed by atoms with Crippen LogP contribution in [0.15, 0.2) is 78.9 Å². The first-order valence-electron chi connectivity index (χ1n) is 12.0. The number of halogens is 1. The zero-order chi connectivity index (χ0) is 27.0. The lowest BCUT2D eigenvalue weighted by atomic mass is 10.0. The number of hydrogen-bond acceptors (Lipinski definition) is 4. The largest absolute Gasteiger partial charge is 0.355 e. The van der Waals surface area contributed by atoms with Crippen LogP contribution in [0.1, 0.15) is 23.6 Å². The fourth-order valence-electron chi connectivity index (χ4n) is 3.98. The van der Waals surface area contributed by atoms with Gasteiger partial charge in [-0.2, -0.15) is 0 Å². The molecular formula is C28H32ClN3O4S. The van der Waals surface area contributed by atoms with E-state index in [1.165, 1.54) is 11.0 Å². The van der Waals surface area contributed by atoms with Crippen molar-refractivity contribution in [2.75, 3.05) is 23.7 Å². The minimum absolute atomic E-state index is 0.139. The average Bonchev–Trinajstić information content (AvgIpc) is 2.87. The number of nitrogens with zero attached hydrogens (tertiary/aromatic N) is 2. The Morgan fingerprint density at radius 1 is 0.946 bits per heavy atom. The molecule has 0 aliphatic heterocycles. The summed E-state index contributed by atoms with van der Waals surface area (Å²) >= 11 is 6.26. The fraction of sp³-hybridized carbons (Fsp3) is 0.286. The van der Waals surface area contributed by atoms with E-state index in [9.17, 15) is 18.0 Å². The summed E-state index contributed by atoms with van der Waals surface area (Å²) in [4.78, 5) is 28.6. The summed E-state index contributed by atoms with van der Waals surface area (Å²) in [6, 6.07) is 22.7. The van der Waals surface area contributed by atoms with Crippen molar-refractivity contribution >= 4 is 39.1 Å². The summed E-state index contributed by atoms with van der Waals surface area (Å²) in [5, 5.41) is 3.23. The molecule has 0 heterocycles. The minimum Gasteiger partial charge on any atom is -0.355 e. The molecular weight excluding hydrogens is 510 g/mol. The van der Waals surface area contributed by atoms with Gasteiger partial charge in [-0.05, 0) is 42.7 Å². The van der Waals surface area contributed by atoms with E-state index >= 15 is 0 Å². The van der Waals surface area contributed by atoms with E-state index < -0.39 is 28.5 Å². The number of amides is 2. The standard InChI is InChI=1S/C28H32ClN3O4S/c1-4-30-28(34)26(17-22-11-7-5-8-12-22)31(19-23-13-9-6-10-14-23)27(33)20-32(37(3,35)36)24-16-15-21(2)25(29)18-24/h5-16,18,26H,4,17,19-20H2,1-3H3,(H,30,34)/t26-/m0/s1. The molecule has 7 nitrogen and oxygen atoms in total. The van der Waals surface area contributed by atoms with Crippen LogP contribution in [0.5, 0.6) is 0 Å². The third-order valence-corrected chi connectivity index (χ3v) is 7.49. The SMILES string of the molecule is CCNC(=O)[C@H](Cc1ccccc1)N(Cc1ccccc1)C(=O)CN(c1ccc(C)c(Cl)c1)S(C)(=O)=O. The topological polar surface area (TPSA) is 86.8 Å². The van der Waals surface area contributed by atoms with Crippen LogP contribution in [0.3, 0.4) is 0 Å². The number of sulfonamides is 1. The predicted molar refractivity (Wildman–Crippen MR) is 148 cm³/mol.